The zero-order valence-corrected chi connectivity index (χ0v) is 13.4. The molecule has 0 radical (unpaired) electrons. The van der Waals surface area contributed by atoms with Crippen LogP contribution in [0.25, 0.3) is 0 Å². The summed E-state index contributed by atoms with van der Waals surface area (Å²) in [6, 6.07) is 0. The average molecular weight is 308 g/mol. The lowest BCUT2D eigenvalue weighted by atomic mass is 9.88. The molecule has 5 atom stereocenters. The number of aliphatic hydroxyl groups is 1. The molecule has 0 aromatic heterocycles. The number of hydrogen-bond acceptors (Lipinski definition) is 5. The van der Waals surface area contributed by atoms with Crippen LogP contribution in [-0.4, -0.2) is 35.4 Å². The summed E-state index contributed by atoms with van der Waals surface area (Å²) in [6.07, 6.45) is 2.56. The van der Waals surface area contributed by atoms with Gasteiger partial charge in [0.2, 0.25) is 0 Å². The number of aliphatic hydroxyl groups excluding tert-OH is 1. The van der Waals surface area contributed by atoms with Crippen molar-refractivity contribution in [1.82, 2.24) is 0 Å². The second kappa shape index (κ2) is 6.65. The van der Waals surface area contributed by atoms with Crippen LogP contribution in [0.2, 0.25) is 0 Å². The molecule has 5 heteroatoms. The van der Waals surface area contributed by atoms with Gasteiger partial charge >= 0.3 is 11.9 Å². The van der Waals surface area contributed by atoms with Crippen molar-refractivity contribution in [2.75, 3.05) is 0 Å². The van der Waals surface area contributed by atoms with Gasteiger partial charge in [0.25, 0.3) is 0 Å². The van der Waals surface area contributed by atoms with Gasteiger partial charge in [-0.1, -0.05) is 19.6 Å². The molecule has 2 rings (SSSR count). The molecule has 5 nitrogen and oxygen atoms in total. The summed E-state index contributed by atoms with van der Waals surface area (Å²) in [4.78, 5) is 23.0. The molecule has 1 aliphatic heterocycles. The maximum absolute atomic E-state index is 11.6. The molecule has 1 fully saturated rings. The zero-order valence-electron chi connectivity index (χ0n) is 13.4. The van der Waals surface area contributed by atoms with E-state index in [4.69, 9.17) is 9.47 Å². The van der Waals surface area contributed by atoms with E-state index in [1.54, 1.807) is 6.92 Å². The number of carbonyl (C=O) groups is 2. The van der Waals surface area contributed by atoms with E-state index in [0.717, 1.165) is 5.57 Å². The summed E-state index contributed by atoms with van der Waals surface area (Å²) in [6.45, 7) is 8.90. The molecule has 0 amide bonds. The maximum atomic E-state index is 11.6. The molecule has 122 valence electrons. The fourth-order valence-corrected chi connectivity index (χ4v) is 3.34. The van der Waals surface area contributed by atoms with Crippen molar-refractivity contribution in [3.63, 3.8) is 0 Å². The van der Waals surface area contributed by atoms with Crippen LogP contribution in [-0.2, 0) is 19.1 Å². The molecular weight excluding hydrogens is 284 g/mol. The van der Waals surface area contributed by atoms with Gasteiger partial charge in [-0.25, -0.2) is 4.79 Å². The van der Waals surface area contributed by atoms with Gasteiger partial charge in [-0.3, -0.25) is 4.79 Å². The molecule has 22 heavy (non-hydrogen) atoms. The van der Waals surface area contributed by atoms with Crippen LogP contribution in [0.15, 0.2) is 23.8 Å². The molecule has 0 aromatic rings. The summed E-state index contributed by atoms with van der Waals surface area (Å²) in [5, 5.41) is 9.66. The standard InChI is InChI=1S/C17H24O5/c1-9-7-15-14(11(3)17(20)22-15)6-5-13(9)16(8-10(2)18)21-12(4)19/h5,9-10,14-16,18H,3,6-8H2,1-2,4H3/t9-,10-,14-,15-,16+/m0/s1. The van der Waals surface area contributed by atoms with E-state index in [-0.39, 0.29) is 29.9 Å². The van der Waals surface area contributed by atoms with Gasteiger partial charge in [-0.2, -0.15) is 0 Å². The number of hydrogen-bond donors (Lipinski definition) is 1. The average Bonchev–Trinajstić information content (AvgIpc) is 2.56. The third-order valence-corrected chi connectivity index (χ3v) is 4.41. The van der Waals surface area contributed by atoms with E-state index in [1.165, 1.54) is 6.92 Å². The topological polar surface area (TPSA) is 72.8 Å². The Bertz CT molecular complexity index is 505. The highest BCUT2D eigenvalue weighted by molar-refractivity contribution is 5.90. The minimum absolute atomic E-state index is 0.00280. The first-order valence-corrected chi connectivity index (χ1v) is 7.74. The molecule has 0 aromatic carbocycles. The van der Waals surface area contributed by atoms with Crippen LogP contribution in [0, 0.1) is 11.8 Å². The van der Waals surface area contributed by atoms with Crippen LogP contribution < -0.4 is 0 Å². The highest BCUT2D eigenvalue weighted by Crippen LogP contribution is 2.39. The van der Waals surface area contributed by atoms with Crippen molar-refractivity contribution in [2.24, 2.45) is 11.8 Å². The summed E-state index contributed by atoms with van der Waals surface area (Å²) in [5.41, 5.74) is 1.52. The van der Waals surface area contributed by atoms with E-state index < -0.39 is 12.2 Å². The first-order chi connectivity index (χ1) is 10.3. The van der Waals surface area contributed by atoms with Gasteiger partial charge in [-0.15, -0.1) is 0 Å². The molecule has 1 heterocycles. The molecule has 0 spiro atoms. The number of ether oxygens (including phenoxy) is 2. The van der Waals surface area contributed by atoms with E-state index in [9.17, 15) is 14.7 Å². The molecular formula is C17H24O5. The van der Waals surface area contributed by atoms with Gasteiger partial charge < -0.3 is 14.6 Å². The van der Waals surface area contributed by atoms with Gasteiger partial charge in [-0.05, 0) is 31.3 Å². The number of fused-ring (bicyclic) bond motifs is 1. The van der Waals surface area contributed by atoms with Crippen LogP contribution >= 0.6 is 0 Å². The smallest absolute Gasteiger partial charge is 0.334 e. The lowest BCUT2D eigenvalue weighted by Crippen LogP contribution is -2.27. The Balaban J connectivity index is 2.21. The van der Waals surface area contributed by atoms with Crippen LogP contribution in [0.5, 0.6) is 0 Å². The molecule has 1 saturated heterocycles. The van der Waals surface area contributed by atoms with E-state index in [0.29, 0.717) is 24.8 Å². The molecule has 1 aliphatic carbocycles. The first kappa shape index (κ1) is 16.7. The molecule has 1 N–H and O–H groups in total. The third-order valence-electron chi connectivity index (χ3n) is 4.41. The Morgan fingerprint density at radius 1 is 1.59 bits per heavy atom. The van der Waals surface area contributed by atoms with Gasteiger partial charge in [0.15, 0.2) is 0 Å². The highest BCUT2D eigenvalue weighted by Gasteiger charge is 2.41. The van der Waals surface area contributed by atoms with Crippen LogP contribution in [0.4, 0.5) is 0 Å². The van der Waals surface area contributed by atoms with E-state index in [2.05, 4.69) is 6.58 Å². The Labute approximate surface area is 131 Å². The Kier molecular flexibility index (Phi) is 5.06. The fourth-order valence-electron chi connectivity index (χ4n) is 3.34. The summed E-state index contributed by atoms with van der Waals surface area (Å²) in [5.74, 6) is -0.563. The normalized spacial score (nSPS) is 30.7. The number of allylic oxidation sites excluding steroid dienone is 1. The van der Waals surface area contributed by atoms with Crippen molar-refractivity contribution in [3.8, 4) is 0 Å². The summed E-state index contributed by atoms with van der Waals surface area (Å²) >= 11 is 0. The number of esters is 2. The Morgan fingerprint density at radius 2 is 2.27 bits per heavy atom. The van der Waals surface area contributed by atoms with Crippen molar-refractivity contribution >= 4 is 11.9 Å². The number of carbonyl (C=O) groups excluding carboxylic acids is 2. The second-order valence-corrected chi connectivity index (χ2v) is 6.33. The summed E-state index contributed by atoms with van der Waals surface area (Å²) < 4.78 is 10.8. The predicted molar refractivity (Wildman–Crippen MR) is 80.8 cm³/mol. The molecule has 0 unspecified atom stereocenters. The SMILES string of the molecule is C=C1C(=O)O[C@H]2C[C@H](C)C([C@@H](C[C@H](C)O)OC(C)=O)=CC[C@@H]12. The minimum Gasteiger partial charge on any atom is -0.458 e. The van der Waals surface area contributed by atoms with Crippen molar-refractivity contribution < 1.29 is 24.2 Å². The largest absolute Gasteiger partial charge is 0.458 e. The molecule has 0 saturated carbocycles. The lowest BCUT2D eigenvalue weighted by Gasteiger charge is -2.26. The quantitative estimate of drug-likeness (QED) is 0.489. The Morgan fingerprint density at radius 3 is 2.86 bits per heavy atom. The van der Waals surface area contributed by atoms with Crippen molar-refractivity contribution in [1.29, 1.82) is 0 Å². The predicted octanol–water partition coefficient (Wildman–Crippen LogP) is 2.14. The lowest BCUT2D eigenvalue weighted by molar-refractivity contribution is -0.145. The highest BCUT2D eigenvalue weighted by atomic mass is 16.6. The monoisotopic (exact) mass is 308 g/mol. The zero-order chi connectivity index (χ0) is 16.4. The van der Waals surface area contributed by atoms with Gasteiger partial charge in [0.1, 0.15) is 12.2 Å². The molecule has 0 bridgehead atoms. The minimum atomic E-state index is -0.562. The van der Waals surface area contributed by atoms with E-state index >= 15 is 0 Å². The molecule has 2 aliphatic rings. The third kappa shape index (κ3) is 3.58. The van der Waals surface area contributed by atoms with Crippen molar-refractivity contribution in [3.05, 3.63) is 23.8 Å². The van der Waals surface area contributed by atoms with Gasteiger partial charge in [0, 0.05) is 24.8 Å². The second-order valence-electron chi connectivity index (χ2n) is 6.33. The van der Waals surface area contributed by atoms with Crippen molar-refractivity contribution in [2.45, 2.75) is 58.3 Å². The first-order valence-electron chi connectivity index (χ1n) is 7.74. The van der Waals surface area contributed by atoms with Gasteiger partial charge in [0.05, 0.1) is 6.10 Å². The number of rotatable bonds is 4. The Hall–Kier alpha value is -1.62. The van der Waals surface area contributed by atoms with Crippen LogP contribution in [0.3, 0.4) is 0 Å². The van der Waals surface area contributed by atoms with E-state index in [1.807, 2.05) is 13.0 Å². The maximum Gasteiger partial charge on any atom is 0.334 e. The fraction of sp³-hybridized carbons (Fsp3) is 0.647. The summed E-state index contributed by atoms with van der Waals surface area (Å²) in [7, 11) is 0. The van der Waals surface area contributed by atoms with Crippen LogP contribution in [0.1, 0.15) is 40.0 Å².